The molecule has 0 amide bonds. The third kappa shape index (κ3) is 4.76. The van der Waals surface area contributed by atoms with Crippen molar-refractivity contribution in [1.82, 2.24) is 10.2 Å². The van der Waals surface area contributed by atoms with Gasteiger partial charge in [-0.25, -0.2) is 0 Å². The number of nitrogens with zero attached hydrogens (tertiary/aromatic N) is 1. The van der Waals surface area contributed by atoms with Gasteiger partial charge in [0.25, 0.3) is 0 Å². The van der Waals surface area contributed by atoms with Gasteiger partial charge >= 0.3 is 0 Å². The fraction of sp³-hybridized carbons (Fsp3) is 0.474. The molecule has 24 heavy (non-hydrogen) atoms. The molecule has 5 heteroatoms. The predicted molar refractivity (Wildman–Crippen MR) is 107 cm³/mol. The van der Waals surface area contributed by atoms with Crippen LogP contribution in [0.1, 0.15) is 31.4 Å². The molecule has 0 bridgehead atoms. The summed E-state index contributed by atoms with van der Waals surface area (Å²) in [6.45, 7) is 6.77. The molecule has 0 unspecified atom stereocenters. The zero-order valence-electron chi connectivity index (χ0n) is 14.5. The molecule has 0 radical (unpaired) electrons. The van der Waals surface area contributed by atoms with Gasteiger partial charge in [-0.15, -0.1) is 24.8 Å². The lowest BCUT2D eigenvalue weighted by Crippen LogP contribution is -2.45. The summed E-state index contributed by atoms with van der Waals surface area (Å²) in [5.74, 6) is 0.924. The van der Waals surface area contributed by atoms with Crippen LogP contribution in [-0.2, 0) is 0 Å². The Bertz CT molecular complexity index is 630. The van der Waals surface area contributed by atoms with Crippen LogP contribution in [0.3, 0.4) is 0 Å². The molecular weight excluding hydrogens is 343 g/mol. The number of methoxy groups -OCH3 is 1. The molecule has 1 saturated heterocycles. The van der Waals surface area contributed by atoms with E-state index in [1.54, 1.807) is 7.11 Å². The van der Waals surface area contributed by atoms with E-state index in [1.807, 2.05) is 6.07 Å². The number of hydrogen-bond acceptors (Lipinski definition) is 3. The molecule has 1 heterocycles. The average molecular weight is 371 g/mol. The quantitative estimate of drug-likeness (QED) is 0.841. The molecule has 1 fully saturated rings. The van der Waals surface area contributed by atoms with Gasteiger partial charge in [-0.3, -0.25) is 4.90 Å². The van der Waals surface area contributed by atoms with E-state index in [2.05, 4.69) is 47.5 Å². The third-order valence-electron chi connectivity index (χ3n) is 4.61. The highest BCUT2D eigenvalue weighted by Crippen LogP contribution is 2.30. The highest BCUT2D eigenvalue weighted by atomic mass is 35.5. The largest absolute Gasteiger partial charge is 0.497 e. The number of nitrogens with one attached hydrogen (secondary N) is 1. The first-order valence-corrected chi connectivity index (χ1v) is 8.34. The Balaban J connectivity index is 0.00000144. The Labute approximate surface area is 157 Å². The molecule has 1 aliphatic rings. The van der Waals surface area contributed by atoms with E-state index < -0.39 is 0 Å². The number of ether oxygens (including phenoxy) is 1. The molecule has 2 aromatic carbocycles. The molecular formula is C19H28Cl2N2O. The normalized spacial score (nSPS) is 16.1. The molecule has 1 N–H and O–H groups in total. The molecule has 3 rings (SSSR count). The van der Waals surface area contributed by atoms with Crippen molar-refractivity contribution >= 4 is 35.6 Å². The van der Waals surface area contributed by atoms with E-state index in [0.717, 1.165) is 31.9 Å². The van der Waals surface area contributed by atoms with Crippen LogP contribution in [0.2, 0.25) is 0 Å². The van der Waals surface area contributed by atoms with Crippen LogP contribution < -0.4 is 10.1 Å². The maximum absolute atomic E-state index is 5.32. The third-order valence-corrected chi connectivity index (χ3v) is 4.61. The molecule has 0 aromatic heterocycles. The first-order valence-electron chi connectivity index (χ1n) is 8.34. The van der Waals surface area contributed by atoms with Crippen molar-refractivity contribution in [3.63, 3.8) is 0 Å². The van der Waals surface area contributed by atoms with Crippen LogP contribution in [0.4, 0.5) is 0 Å². The Kier molecular flexibility index (Phi) is 8.85. The van der Waals surface area contributed by atoms with Gasteiger partial charge in [-0.05, 0) is 41.0 Å². The lowest BCUT2D eigenvalue weighted by molar-refractivity contribution is 0.165. The highest BCUT2D eigenvalue weighted by molar-refractivity contribution is 5.86. The van der Waals surface area contributed by atoms with Crippen LogP contribution in [0.5, 0.6) is 5.75 Å². The van der Waals surface area contributed by atoms with E-state index in [4.69, 9.17) is 4.74 Å². The SMILES string of the molecule is CCC[C@H](c1ccc2cc(OC)ccc2c1)N1CCNCC1.Cl.Cl. The average Bonchev–Trinajstić information content (AvgIpc) is 2.59. The predicted octanol–water partition coefficient (Wildman–Crippen LogP) is 4.44. The van der Waals surface area contributed by atoms with E-state index in [9.17, 15) is 0 Å². The van der Waals surface area contributed by atoms with E-state index in [1.165, 1.54) is 29.2 Å². The summed E-state index contributed by atoms with van der Waals surface area (Å²) >= 11 is 0. The van der Waals surface area contributed by atoms with Crippen LogP contribution in [0.25, 0.3) is 10.8 Å². The van der Waals surface area contributed by atoms with Crippen LogP contribution in [-0.4, -0.2) is 38.2 Å². The first-order chi connectivity index (χ1) is 10.8. The van der Waals surface area contributed by atoms with Gasteiger partial charge in [-0.2, -0.15) is 0 Å². The number of hydrogen-bond donors (Lipinski definition) is 1. The summed E-state index contributed by atoms with van der Waals surface area (Å²) in [6.07, 6.45) is 2.44. The van der Waals surface area contributed by atoms with Crippen molar-refractivity contribution in [1.29, 1.82) is 0 Å². The number of benzene rings is 2. The zero-order valence-corrected chi connectivity index (χ0v) is 16.1. The summed E-state index contributed by atoms with van der Waals surface area (Å²) in [4.78, 5) is 2.63. The second-order valence-corrected chi connectivity index (χ2v) is 6.06. The monoisotopic (exact) mass is 370 g/mol. The molecule has 1 atom stereocenters. The molecule has 2 aromatic rings. The molecule has 0 saturated carbocycles. The lowest BCUT2D eigenvalue weighted by Gasteiger charge is -2.35. The van der Waals surface area contributed by atoms with Gasteiger partial charge in [-0.1, -0.05) is 31.5 Å². The summed E-state index contributed by atoms with van der Waals surface area (Å²) < 4.78 is 5.32. The molecule has 1 aliphatic heterocycles. The maximum atomic E-state index is 5.32. The number of piperazine rings is 1. The summed E-state index contributed by atoms with van der Waals surface area (Å²) in [5.41, 5.74) is 1.45. The fourth-order valence-electron chi connectivity index (χ4n) is 3.40. The molecule has 134 valence electrons. The van der Waals surface area contributed by atoms with Crippen molar-refractivity contribution in [2.24, 2.45) is 0 Å². The van der Waals surface area contributed by atoms with Gasteiger partial charge in [0.2, 0.25) is 0 Å². The minimum absolute atomic E-state index is 0. The van der Waals surface area contributed by atoms with Gasteiger partial charge < -0.3 is 10.1 Å². The van der Waals surface area contributed by atoms with Gasteiger partial charge in [0, 0.05) is 32.2 Å². The Morgan fingerprint density at radius 2 is 1.71 bits per heavy atom. The van der Waals surface area contributed by atoms with E-state index in [-0.39, 0.29) is 24.8 Å². The molecule has 3 nitrogen and oxygen atoms in total. The first kappa shape index (κ1) is 21.0. The fourth-order valence-corrected chi connectivity index (χ4v) is 3.40. The highest BCUT2D eigenvalue weighted by Gasteiger charge is 2.21. The minimum Gasteiger partial charge on any atom is -0.497 e. The van der Waals surface area contributed by atoms with Crippen molar-refractivity contribution in [2.75, 3.05) is 33.3 Å². The molecule has 0 aliphatic carbocycles. The topological polar surface area (TPSA) is 24.5 Å². The second-order valence-electron chi connectivity index (χ2n) is 6.06. The lowest BCUT2D eigenvalue weighted by atomic mass is 9.97. The van der Waals surface area contributed by atoms with Crippen LogP contribution in [0, 0.1) is 0 Å². The van der Waals surface area contributed by atoms with Crippen LogP contribution in [0.15, 0.2) is 36.4 Å². The maximum Gasteiger partial charge on any atom is 0.119 e. The number of fused-ring (bicyclic) bond motifs is 1. The zero-order chi connectivity index (χ0) is 15.4. The number of rotatable bonds is 5. The van der Waals surface area contributed by atoms with Gasteiger partial charge in [0.1, 0.15) is 5.75 Å². The minimum atomic E-state index is 0. The summed E-state index contributed by atoms with van der Waals surface area (Å²) in [7, 11) is 1.72. The van der Waals surface area contributed by atoms with Crippen molar-refractivity contribution in [3.8, 4) is 5.75 Å². The Morgan fingerprint density at radius 3 is 2.38 bits per heavy atom. The van der Waals surface area contributed by atoms with E-state index >= 15 is 0 Å². The Hall–Kier alpha value is -1.000. The Morgan fingerprint density at radius 1 is 1.04 bits per heavy atom. The molecule has 0 spiro atoms. The van der Waals surface area contributed by atoms with E-state index in [0.29, 0.717) is 6.04 Å². The van der Waals surface area contributed by atoms with Crippen molar-refractivity contribution in [3.05, 3.63) is 42.0 Å². The van der Waals surface area contributed by atoms with Gasteiger partial charge in [0.15, 0.2) is 0 Å². The van der Waals surface area contributed by atoms with Crippen molar-refractivity contribution in [2.45, 2.75) is 25.8 Å². The second kappa shape index (κ2) is 10.1. The van der Waals surface area contributed by atoms with Gasteiger partial charge in [0.05, 0.1) is 7.11 Å². The van der Waals surface area contributed by atoms with Crippen LogP contribution >= 0.6 is 24.8 Å². The van der Waals surface area contributed by atoms with Crippen molar-refractivity contribution < 1.29 is 4.74 Å². The number of halogens is 2. The summed E-state index contributed by atoms with van der Waals surface area (Å²) in [6, 6.07) is 13.8. The summed E-state index contributed by atoms with van der Waals surface area (Å²) in [5, 5.41) is 6.00. The standard InChI is InChI=1S/C19H26N2O.2ClH/c1-3-4-19(21-11-9-20-10-12-21)17-6-5-16-14-18(22-2)8-7-15(16)13-17;;/h5-8,13-14,19-20H,3-4,9-12H2,1-2H3;2*1H/t19-;;/m1../s1. The smallest absolute Gasteiger partial charge is 0.119 e.